The molecule has 0 bridgehead atoms. The molecule has 0 fully saturated rings. The van der Waals surface area contributed by atoms with E-state index in [0.717, 1.165) is 29.5 Å². The van der Waals surface area contributed by atoms with Crippen LogP contribution >= 0.6 is 11.5 Å². The van der Waals surface area contributed by atoms with Crippen molar-refractivity contribution in [2.75, 3.05) is 12.0 Å². The van der Waals surface area contributed by atoms with Gasteiger partial charge in [0.15, 0.2) is 0 Å². The first-order chi connectivity index (χ1) is 7.33. The van der Waals surface area contributed by atoms with Crippen molar-refractivity contribution in [3.63, 3.8) is 0 Å². The van der Waals surface area contributed by atoms with Gasteiger partial charge in [-0.25, -0.2) is 0 Å². The normalized spacial score (nSPS) is 10.7. The van der Waals surface area contributed by atoms with Crippen molar-refractivity contribution in [2.45, 2.75) is 19.8 Å². The first kappa shape index (κ1) is 10.2. The summed E-state index contributed by atoms with van der Waals surface area (Å²) in [6.45, 7) is 2.98. The van der Waals surface area contributed by atoms with E-state index in [1.807, 2.05) is 24.3 Å². The number of benzene rings is 1. The van der Waals surface area contributed by atoms with Crippen LogP contribution < -0.4 is 11.0 Å². The molecule has 0 spiro atoms. The summed E-state index contributed by atoms with van der Waals surface area (Å²) in [6.07, 6.45) is 2.22. The highest BCUT2D eigenvalue weighted by Gasteiger charge is 2.04. The minimum atomic E-state index is 0.0618. The highest BCUT2D eigenvalue weighted by atomic mass is 32.1. The van der Waals surface area contributed by atoms with Crippen molar-refractivity contribution in [1.29, 1.82) is 0 Å². The number of hydrogen-bond acceptors (Lipinski definition) is 3. The third-order valence-corrected chi connectivity index (χ3v) is 3.31. The van der Waals surface area contributed by atoms with Gasteiger partial charge in [0, 0.05) is 6.54 Å². The molecule has 0 aliphatic rings. The van der Waals surface area contributed by atoms with Gasteiger partial charge in [0.1, 0.15) is 0 Å². The van der Waals surface area contributed by atoms with Crippen molar-refractivity contribution >= 4 is 21.6 Å². The molecule has 3 nitrogen and oxygen atoms in total. The Balaban J connectivity index is 2.28. The van der Waals surface area contributed by atoms with Crippen molar-refractivity contribution in [2.24, 2.45) is 0 Å². The molecule has 0 amide bonds. The molecule has 1 heterocycles. The summed E-state index contributed by atoms with van der Waals surface area (Å²) in [6, 6.07) is 7.69. The van der Waals surface area contributed by atoms with Gasteiger partial charge in [0.2, 0.25) is 0 Å². The fourth-order valence-corrected chi connectivity index (χ4v) is 2.36. The highest BCUT2D eigenvalue weighted by molar-refractivity contribution is 7.13. The van der Waals surface area contributed by atoms with Gasteiger partial charge in [-0.3, -0.25) is 4.79 Å². The molecule has 0 atom stereocenters. The molecular formula is C11H14N2OS. The second kappa shape index (κ2) is 4.49. The van der Waals surface area contributed by atoms with Crippen LogP contribution in [0.15, 0.2) is 29.1 Å². The molecule has 1 aromatic heterocycles. The molecular weight excluding hydrogens is 208 g/mol. The van der Waals surface area contributed by atoms with E-state index in [9.17, 15) is 4.79 Å². The summed E-state index contributed by atoms with van der Waals surface area (Å²) in [5, 5.41) is 0.798. The zero-order valence-corrected chi connectivity index (χ0v) is 9.51. The van der Waals surface area contributed by atoms with Crippen molar-refractivity contribution in [3.05, 3.63) is 34.6 Å². The molecule has 0 radical (unpaired) electrons. The summed E-state index contributed by atoms with van der Waals surface area (Å²) >= 11 is 1.47. The minimum absolute atomic E-state index is 0.0618. The molecule has 80 valence electrons. The van der Waals surface area contributed by atoms with Crippen LogP contribution in [0.4, 0.5) is 0 Å². The second-order valence-corrected chi connectivity index (χ2v) is 4.44. The topological polar surface area (TPSA) is 34.0 Å². The third-order valence-electron chi connectivity index (χ3n) is 2.28. The zero-order chi connectivity index (χ0) is 10.7. The van der Waals surface area contributed by atoms with E-state index in [1.54, 1.807) is 4.07 Å². The van der Waals surface area contributed by atoms with Crippen LogP contribution in [-0.4, -0.2) is 10.6 Å². The van der Waals surface area contributed by atoms with Gasteiger partial charge in [-0.1, -0.05) is 25.5 Å². The maximum atomic E-state index is 11.8. The van der Waals surface area contributed by atoms with E-state index >= 15 is 0 Å². The highest BCUT2D eigenvalue weighted by Crippen LogP contribution is 2.14. The molecule has 1 N–H and O–H groups in total. The van der Waals surface area contributed by atoms with Crippen LogP contribution in [0.5, 0.6) is 0 Å². The predicted molar refractivity (Wildman–Crippen MR) is 65.2 cm³/mol. The number of rotatable bonds is 4. The summed E-state index contributed by atoms with van der Waals surface area (Å²) in [5.41, 5.74) is 3.19. The number of fused-ring (bicyclic) bond motifs is 1. The first-order valence-electron chi connectivity index (χ1n) is 5.18. The van der Waals surface area contributed by atoms with Gasteiger partial charge in [-0.05, 0) is 30.1 Å². The van der Waals surface area contributed by atoms with Gasteiger partial charge in [-0.15, -0.1) is 0 Å². The first-order valence-corrected chi connectivity index (χ1v) is 5.95. The number of unbranched alkanes of at least 4 members (excludes halogenated alkanes) is 1. The van der Waals surface area contributed by atoms with Crippen molar-refractivity contribution < 1.29 is 0 Å². The average molecular weight is 222 g/mol. The Morgan fingerprint density at radius 3 is 2.93 bits per heavy atom. The lowest BCUT2D eigenvalue weighted by Gasteiger charge is -2.02. The van der Waals surface area contributed by atoms with Gasteiger partial charge in [0.25, 0.3) is 5.56 Å². The standard InChI is InChI=1S/C11H14N2OS/c1-2-3-8-12-13-11(14)9-6-4-5-7-10(9)15-13/h4-7,12H,2-3,8H2,1H3. The lowest BCUT2D eigenvalue weighted by molar-refractivity contribution is 0.771. The van der Waals surface area contributed by atoms with Gasteiger partial charge in [-0.2, -0.15) is 4.07 Å². The maximum absolute atomic E-state index is 11.8. The molecule has 0 unspecified atom stereocenters. The molecule has 4 heteroatoms. The lowest BCUT2D eigenvalue weighted by atomic mass is 10.3. The Kier molecular flexibility index (Phi) is 3.06. The molecule has 2 aromatic rings. The van der Waals surface area contributed by atoms with Crippen LogP contribution in [0, 0.1) is 0 Å². The fourth-order valence-electron chi connectivity index (χ4n) is 1.43. The van der Waals surface area contributed by atoms with Gasteiger partial charge < -0.3 is 5.43 Å². The lowest BCUT2D eigenvalue weighted by Crippen LogP contribution is -2.24. The monoisotopic (exact) mass is 222 g/mol. The van der Waals surface area contributed by atoms with Crippen LogP contribution in [0.3, 0.4) is 0 Å². The predicted octanol–water partition coefficient (Wildman–Crippen LogP) is 2.41. The third kappa shape index (κ3) is 2.04. The van der Waals surface area contributed by atoms with E-state index in [-0.39, 0.29) is 5.56 Å². The Morgan fingerprint density at radius 1 is 1.40 bits per heavy atom. The number of aromatic nitrogens is 1. The van der Waals surface area contributed by atoms with Crippen molar-refractivity contribution in [1.82, 2.24) is 4.07 Å². The van der Waals surface area contributed by atoms with Gasteiger partial charge >= 0.3 is 0 Å². The second-order valence-electron chi connectivity index (χ2n) is 3.45. The Morgan fingerprint density at radius 2 is 2.20 bits per heavy atom. The van der Waals surface area contributed by atoms with E-state index < -0.39 is 0 Å². The number of nitrogens with zero attached hydrogens (tertiary/aromatic N) is 1. The quantitative estimate of drug-likeness (QED) is 0.806. The van der Waals surface area contributed by atoms with E-state index in [1.165, 1.54) is 11.5 Å². The van der Waals surface area contributed by atoms with Crippen LogP contribution in [0.25, 0.3) is 10.1 Å². The maximum Gasteiger partial charge on any atom is 0.287 e. The largest absolute Gasteiger partial charge is 0.314 e. The van der Waals surface area contributed by atoms with Crippen LogP contribution in [0.1, 0.15) is 19.8 Å². The van der Waals surface area contributed by atoms with E-state index in [4.69, 9.17) is 0 Å². The molecule has 15 heavy (non-hydrogen) atoms. The zero-order valence-electron chi connectivity index (χ0n) is 8.69. The van der Waals surface area contributed by atoms with E-state index in [2.05, 4.69) is 12.3 Å². The number of nitrogens with one attached hydrogen (secondary N) is 1. The molecule has 0 aliphatic carbocycles. The number of hydrogen-bond donors (Lipinski definition) is 1. The summed E-state index contributed by atoms with van der Waals surface area (Å²) in [7, 11) is 0. The van der Waals surface area contributed by atoms with Crippen molar-refractivity contribution in [3.8, 4) is 0 Å². The molecule has 1 aromatic carbocycles. The SMILES string of the molecule is CCCCNn1sc2ccccc2c1=O. The smallest absolute Gasteiger partial charge is 0.287 e. The Bertz CT molecular complexity index is 501. The van der Waals surface area contributed by atoms with Crippen LogP contribution in [-0.2, 0) is 0 Å². The molecule has 0 aliphatic heterocycles. The summed E-state index contributed by atoms with van der Waals surface area (Å²) in [4.78, 5) is 11.8. The molecule has 0 saturated heterocycles. The van der Waals surface area contributed by atoms with Crippen LogP contribution in [0.2, 0.25) is 0 Å². The minimum Gasteiger partial charge on any atom is -0.314 e. The summed E-state index contributed by atoms with van der Waals surface area (Å²) < 4.78 is 2.66. The molecule has 0 saturated carbocycles. The summed E-state index contributed by atoms with van der Waals surface area (Å²) in [5.74, 6) is 0. The Labute approximate surface area is 92.5 Å². The van der Waals surface area contributed by atoms with Gasteiger partial charge in [0.05, 0.1) is 10.1 Å². The Hall–Kier alpha value is -1.29. The average Bonchev–Trinajstić information content (AvgIpc) is 2.57. The molecule has 2 rings (SSSR count). The fraction of sp³-hybridized carbons (Fsp3) is 0.364. The van der Waals surface area contributed by atoms with E-state index in [0.29, 0.717) is 0 Å².